The number of benzene rings is 1. The number of morpholine rings is 1. The van der Waals surface area contributed by atoms with Crippen LogP contribution >= 0.6 is 0 Å². The van der Waals surface area contributed by atoms with Gasteiger partial charge in [-0.15, -0.1) is 0 Å². The van der Waals surface area contributed by atoms with E-state index in [-0.39, 0.29) is 0 Å². The monoisotopic (exact) mass is 234 g/mol. The van der Waals surface area contributed by atoms with Gasteiger partial charge in [-0.25, -0.2) is 0 Å². The van der Waals surface area contributed by atoms with Gasteiger partial charge in [-0.3, -0.25) is 4.90 Å². The van der Waals surface area contributed by atoms with Crippen LogP contribution in [0.4, 0.5) is 5.69 Å². The van der Waals surface area contributed by atoms with Crippen LogP contribution in [-0.2, 0) is 11.2 Å². The summed E-state index contributed by atoms with van der Waals surface area (Å²) in [6.45, 7) is 6.27. The molecule has 1 atom stereocenters. The number of ether oxygens (including phenoxy) is 1. The van der Waals surface area contributed by atoms with Gasteiger partial charge in [-0.05, 0) is 37.9 Å². The Bertz CT molecular complexity index is 354. The zero-order valence-corrected chi connectivity index (χ0v) is 10.6. The number of para-hydroxylation sites is 1. The Balaban J connectivity index is 1.74. The van der Waals surface area contributed by atoms with E-state index in [9.17, 15) is 0 Å². The zero-order valence-electron chi connectivity index (χ0n) is 10.6. The zero-order chi connectivity index (χ0) is 12.1. The molecule has 1 fully saturated rings. The van der Waals surface area contributed by atoms with Crippen molar-refractivity contribution in [3.63, 3.8) is 0 Å². The third kappa shape index (κ3) is 3.72. The summed E-state index contributed by atoms with van der Waals surface area (Å²) < 4.78 is 5.53. The standard InChI is InChI=1S/C14H22N2O/c1-12-11-16(9-10-17-12)8-4-6-13-5-2-3-7-14(13)15/h2-3,5,7,12H,4,6,8-11,15H2,1H3. The van der Waals surface area contributed by atoms with E-state index in [2.05, 4.69) is 24.0 Å². The molecule has 0 radical (unpaired) electrons. The van der Waals surface area contributed by atoms with Crippen molar-refractivity contribution in [3.05, 3.63) is 29.8 Å². The molecule has 94 valence electrons. The summed E-state index contributed by atoms with van der Waals surface area (Å²) in [4.78, 5) is 2.48. The number of hydrogen-bond donors (Lipinski definition) is 1. The Kier molecular flexibility index (Phi) is 4.40. The molecule has 0 aromatic heterocycles. The normalized spacial score (nSPS) is 21.6. The highest BCUT2D eigenvalue weighted by molar-refractivity contribution is 5.46. The molecule has 17 heavy (non-hydrogen) atoms. The molecular weight excluding hydrogens is 212 g/mol. The number of nitrogen functional groups attached to an aromatic ring is 1. The van der Waals surface area contributed by atoms with Gasteiger partial charge >= 0.3 is 0 Å². The van der Waals surface area contributed by atoms with Crippen molar-refractivity contribution in [1.29, 1.82) is 0 Å². The maximum atomic E-state index is 5.93. The van der Waals surface area contributed by atoms with Crippen LogP contribution in [0.5, 0.6) is 0 Å². The summed E-state index contributed by atoms with van der Waals surface area (Å²) >= 11 is 0. The van der Waals surface area contributed by atoms with E-state index < -0.39 is 0 Å². The third-order valence-corrected chi connectivity index (χ3v) is 3.30. The molecule has 1 aromatic rings. The number of anilines is 1. The quantitative estimate of drug-likeness (QED) is 0.809. The predicted molar refractivity (Wildman–Crippen MR) is 71.0 cm³/mol. The minimum atomic E-state index is 0.380. The Morgan fingerprint density at radius 1 is 1.41 bits per heavy atom. The molecule has 2 N–H and O–H groups in total. The molecule has 0 amide bonds. The van der Waals surface area contributed by atoms with Crippen LogP contribution in [0, 0.1) is 0 Å². The van der Waals surface area contributed by atoms with Gasteiger partial charge in [0.25, 0.3) is 0 Å². The van der Waals surface area contributed by atoms with Gasteiger partial charge in [0.2, 0.25) is 0 Å². The van der Waals surface area contributed by atoms with Crippen LogP contribution in [0.2, 0.25) is 0 Å². The van der Waals surface area contributed by atoms with E-state index in [1.54, 1.807) is 0 Å². The number of hydrogen-bond acceptors (Lipinski definition) is 3. The van der Waals surface area contributed by atoms with Gasteiger partial charge in [0.15, 0.2) is 0 Å². The average Bonchev–Trinajstić information content (AvgIpc) is 2.32. The predicted octanol–water partition coefficient (Wildman–Crippen LogP) is 1.92. The molecule has 1 saturated heterocycles. The van der Waals surface area contributed by atoms with E-state index in [4.69, 9.17) is 10.5 Å². The van der Waals surface area contributed by atoms with Gasteiger partial charge < -0.3 is 10.5 Å². The maximum Gasteiger partial charge on any atom is 0.0674 e. The summed E-state index contributed by atoms with van der Waals surface area (Å²) in [6, 6.07) is 8.15. The van der Waals surface area contributed by atoms with Gasteiger partial charge in [0.1, 0.15) is 0 Å². The second-order valence-electron chi connectivity index (χ2n) is 4.78. The molecular formula is C14H22N2O. The van der Waals surface area contributed by atoms with Crippen molar-refractivity contribution >= 4 is 5.69 Å². The topological polar surface area (TPSA) is 38.5 Å². The fourth-order valence-electron chi connectivity index (χ4n) is 2.35. The lowest BCUT2D eigenvalue weighted by atomic mass is 10.1. The largest absolute Gasteiger partial charge is 0.399 e. The Hall–Kier alpha value is -1.06. The van der Waals surface area contributed by atoms with Gasteiger partial charge in [0, 0.05) is 18.8 Å². The Morgan fingerprint density at radius 2 is 2.24 bits per heavy atom. The first-order chi connectivity index (χ1) is 8.25. The highest BCUT2D eigenvalue weighted by Crippen LogP contribution is 2.13. The van der Waals surface area contributed by atoms with Gasteiger partial charge in [-0.1, -0.05) is 18.2 Å². The molecule has 0 saturated carbocycles. The first-order valence-electron chi connectivity index (χ1n) is 6.43. The summed E-state index contributed by atoms with van der Waals surface area (Å²) in [6.07, 6.45) is 2.62. The lowest BCUT2D eigenvalue weighted by molar-refractivity contribution is -0.0183. The van der Waals surface area contributed by atoms with E-state index in [1.807, 2.05) is 12.1 Å². The molecule has 0 aliphatic carbocycles. The van der Waals surface area contributed by atoms with Crippen molar-refractivity contribution in [3.8, 4) is 0 Å². The summed E-state index contributed by atoms with van der Waals surface area (Å²) in [7, 11) is 0. The molecule has 0 spiro atoms. The number of rotatable bonds is 4. The SMILES string of the molecule is CC1CN(CCCc2ccccc2N)CCO1. The summed E-state index contributed by atoms with van der Waals surface area (Å²) in [5, 5.41) is 0. The van der Waals surface area contributed by atoms with E-state index >= 15 is 0 Å². The van der Waals surface area contributed by atoms with Crippen molar-refractivity contribution in [1.82, 2.24) is 4.90 Å². The molecule has 3 heteroatoms. The average molecular weight is 234 g/mol. The van der Waals surface area contributed by atoms with Gasteiger partial charge in [-0.2, -0.15) is 0 Å². The molecule has 1 heterocycles. The van der Waals surface area contributed by atoms with Crippen molar-refractivity contribution in [2.75, 3.05) is 32.0 Å². The Labute approximate surface area is 104 Å². The van der Waals surface area contributed by atoms with Crippen molar-refractivity contribution in [2.45, 2.75) is 25.9 Å². The third-order valence-electron chi connectivity index (χ3n) is 3.30. The van der Waals surface area contributed by atoms with Crippen molar-refractivity contribution in [2.24, 2.45) is 0 Å². The molecule has 1 aromatic carbocycles. The van der Waals surface area contributed by atoms with Crippen molar-refractivity contribution < 1.29 is 4.74 Å². The first kappa shape index (κ1) is 12.4. The molecule has 1 unspecified atom stereocenters. The molecule has 1 aliphatic rings. The lowest BCUT2D eigenvalue weighted by Gasteiger charge is -2.31. The van der Waals surface area contributed by atoms with Crippen LogP contribution in [-0.4, -0.2) is 37.2 Å². The second kappa shape index (κ2) is 6.03. The van der Waals surface area contributed by atoms with Crippen LogP contribution in [0.15, 0.2) is 24.3 Å². The number of nitrogens with zero attached hydrogens (tertiary/aromatic N) is 1. The second-order valence-corrected chi connectivity index (χ2v) is 4.78. The number of aryl methyl sites for hydroxylation is 1. The fraction of sp³-hybridized carbons (Fsp3) is 0.571. The minimum absolute atomic E-state index is 0.380. The first-order valence-corrected chi connectivity index (χ1v) is 6.43. The number of nitrogens with two attached hydrogens (primary N) is 1. The fourth-order valence-corrected chi connectivity index (χ4v) is 2.35. The smallest absolute Gasteiger partial charge is 0.0674 e. The molecule has 3 nitrogen and oxygen atoms in total. The lowest BCUT2D eigenvalue weighted by Crippen LogP contribution is -2.41. The molecule has 1 aliphatic heterocycles. The van der Waals surface area contributed by atoms with Crippen LogP contribution in [0.1, 0.15) is 18.9 Å². The van der Waals surface area contributed by atoms with E-state index in [0.29, 0.717) is 6.10 Å². The molecule has 2 rings (SSSR count). The highest BCUT2D eigenvalue weighted by atomic mass is 16.5. The van der Waals surface area contributed by atoms with E-state index in [0.717, 1.165) is 38.3 Å². The summed E-state index contributed by atoms with van der Waals surface area (Å²) in [5.74, 6) is 0. The van der Waals surface area contributed by atoms with Gasteiger partial charge in [0.05, 0.1) is 12.7 Å². The maximum absolute atomic E-state index is 5.93. The van der Waals surface area contributed by atoms with Crippen LogP contribution in [0.25, 0.3) is 0 Å². The summed E-state index contributed by atoms with van der Waals surface area (Å²) in [5.41, 5.74) is 8.12. The minimum Gasteiger partial charge on any atom is -0.399 e. The van der Waals surface area contributed by atoms with Crippen LogP contribution < -0.4 is 5.73 Å². The molecule has 0 bridgehead atoms. The highest BCUT2D eigenvalue weighted by Gasteiger charge is 2.15. The van der Waals surface area contributed by atoms with Crippen LogP contribution in [0.3, 0.4) is 0 Å². The van der Waals surface area contributed by atoms with E-state index in [1.165, 1.54) is 12.0 Å². The Morgan fingerprint density at radius 3 is 3.00 bits per heavy atom.